The number of fused-ring (bicyclic) bond motifs is 7. The molecule has 5 aliphatic carbocycles. The number of hydrogen-bond acceptors (Lipinski definition) is 29. The number of methoxy groups -OCH3 is 1. The number of ether oxygens (including phenoxy) is 17. The predicted molar refractivity (Wildman–Crippen MR) is 331 cm³/mol. The summed E-state index contributed by atoms with van der Waals surface area (Å²) < 4.78 is 100. The molecule has 98 heavy (non-hydrogen) atoms. The van der Waals surface area contributed by atoms with Crippen LogP contribution in [0.3, 0.4) is 0 Å². The molecule has 8 aliphatic rings. The van der Waals surface area contributed by atoms with Gasteiger partial charge in [-0.15, -0.1) is 0 Å². The second kappa shape index (κ2) is 29.8. The third-order valence-electron chi connectivity index (χ3n) is 22.2. The first-order chi connectivity index (χ1) is 45.6. The largest absolute Gasteiger partial charge is 0.467 e. The smallest absolute Gasteiger partial charge is 0.339 e. The molecule has 23 atom stereocenters. The average molecular weight is 1390 g/mol. The van der Waals surface area contributed by atoms with Crippen molar-refractivity contribution in [2.45, 2.75) is 280 Å². The molecular weight excluding hydrogens is 1290 g/mol. The molecule has 0 spiro atoms. The van der Waals surface area contributed by atoms with Crippen LogP contribution in [0.15, 0.2) is 11.6 Å². The summed E-state index contributed by atoms with van der Waals surface area (Å²) >= 11 is 0. The van der Waals surface area contributed by atoms with E-state index in [2.05, 4.69) is 54.5 Å². The van der Waals surface area contributed by atoms with Gasteiger partial charge in [-0.05, 0) is 109 Å². The summed E-state index contributed by atoms with van der Waals surface area (Å²) in [5, 5.41) is 0. The minimum absolute atomic E-state index is 0.0279. The van der Waals surface area contributed by atoms with E-state index in [0.717, 1.165) is 94.8 Å². The van der Waals surface area contributed by atoms with Gasteiger partial charge in [-0.2, -0.15) is 0 Å². The third-order valence-corrected chi connectivity index (χ3v) is 22.2. The van der Waals surface area contributed by atoms with E-state index in [1.807, 2.05) is 0 Å². The first-order valence-electron chi connectivity index (χ1n) is 33.5. The Hall–Kier alpha value is -6.82. The number of carbonyl (C=O) groups is 12. The van der Waals surface area contributed by atoms with Gasteiger partial charge in [0, 0.05) is 69.2 Å². The maximum Gasteiger partial charge on any atom is 0.339 e. The lowest BCUT2D eigenvalue weighted by atomic mass is 9.33. The van der Waals surface area contributed by atoms with Crippen LogP contribution in [0.5, 0.6) is 0 Å². The van der Waals surface area contributed by atoms with Gasteiger partial charge in [-0.1, -0.05) is 60.1 Å². The van der Waals surface area contributed by atoms with Crippen LogP contribution in [-0.2, 0) is 138 Å². The van der Waals surface area contributed by atoms with Gasteiger partial charge in [-0.25, -0.2) is 4.79 Å². The number of hydrogen-bond donors (Lipinski definition) is 0. The fourth-order valence-corrected chi connectivity index (χ4v) is 18.0. The highest BCUT2D eigenvalue weighted by Gasteiger charge is 2.71. The van der Waals surface area contributed by atoms with E-state index < -0.39 is 199 Å². The van der Waals surface area contributed by atoms with Gasteiger partial charge in [0.25, 0.3) is 0 Å². The van der Waals surface area contributed by atoms with Crippen molar-refractivity contribution in [1.82, 2.24) is 0 Å². The summed E-state index contributed by atoms with van der Waals surface area (Å²) in [7, 11) is 1.12. The molecule has 548 valence electrons. The second-order valence-electron chi connectivity index (χ2n) is 29.6. The number of rotatable bonds is 19. The monoisotopic (exact) mass is 1390 g/mol. The van der Waals surface area contributed by atoms with Crippen molar-refractivity contribution < 1.29 is 138 Å². The van der Waals surface area contributed by atoms with Crippen molar-refractivity contribution in [3.63, 3.8) is 0 Å². The number of carbonyl (C=O) groups excluding carboxylic acids is 12. The van der Waals surface area contributed by atoms with Crippen molar-refractivity contribution in [1.29, 1.82) is 0 Å². The lowest BCUT2D eigenvalue weighted by Gasteiger charge is -2.71. The van der Waals surface area contributed by atoms with Crippen LogP contribution >= 0.6 is 0 Å². The van der Waals surface area contributed by atoms with Crippen LogP contribution in [0, 0.1) is 50.2 Å². The molecule has 0 bridgehead atoms. The summed E-state index contributed by atoms with van der Waals surface area (Å²) in [4.78, 5) is 157. The van der Waals surface area contributed by atoms with E-state index in [1.165, 1.54) is 0 Å². The molecule has 3 heterocycles. The Kier molecular flexibility index (Phi) is 23.4. The van der Waals surface area contributed by atoms with E-state index in [-0.39, 0.29) is 34.0 Å². The molecule has 3 aliphatic heterocycles. The zero-order valence-corrected chi connectivity index (χ0v) is 59.4. The Morgan fingerprint density at radius 2 is 0.898 bits per heavy atom. The van der Waals surface area contributed by atoms with Crippen LogP contribution in [-0.4, -0.2) is 190 Å². The fourth-order valence-electron chi connectivity index (χ4n) is 18.0. The lowest BCUT2D eigenvalue weighted by Crippen LogP contribution is -2.67. The minimum atomic E-state index is -1.88. The predicted octanol–water partition coefficient (Wildman–Crippen LogP) is 6.03. The Bertz CT molecular complexity index is 3120. The Morgan fingerprint density at radius 3 is 1.41 bits per heavy atom. The quantitative estimate of drug-likeness (QED) is 0.0616. The van der Waals surface area contributed by atoms with Gasteiger partial charge >= 0.3 is 71.6 Å². The summed E-state index contributed by atoms with van der Waals surface area (Å²) in [6.07, 6.45) is -16.8. The SMILES string of the molecule is COC(=O)[C@H]1O[C@@H](O[C@H]2CC[C@]3(C)[C@H]4CC=C5[C@@H]6CC(C)(C)CC[C@]6(C(=O)O[C@@H]6O[C@H](CO[C@@H]7O[C@H](COC(C)=O)[C@@H](OC(C)=O)[C@H](OC(C)=O)[C@H]7OC(C)=O)[C@@H](OC(C)=O)[C@H](OC(C)=O)[C@H]6OC(C)=O)CC[C@@]5(C)[C@]4(C)CC[C@H]3C2(C)C)[C@H](OC(C)=O)[C@@H](OC(C)=O)[C@@H]1OC(C)=O. The molecule has 3 saturated heterocycles. The molecule has 29 nitrogen and oxygen atoms in total. The lowest BCUT2D eigenvalue weighted by molar-refractivity contribution is -0.332. The zero-order valence-electron chi connectivity index (χ0n) is 59.4. The van der Waals surface area contributed by atoms with Crippen LogP contribution in [0.4, 0.5) is 0 Å². The van der Waals surface area contributed by atoms with Gasteiger partial charge in [0.1, 0.15) is 18.8 Å². The highest BCUT2D eigenvalue weighted by molar-refractivity contribution is 5.80. The maximum absolute atomic E-state index is 16.0. The molecule has 8 rings (SSSR count). The molecule has 0 amide bonds. The van der Waals surface area contributed by atoms with Crippen LogP contribution in [0.1, 0.15) is 182 Å². The van der Waals surface area contributed by atoms with E-state index in [9.17, 15) is 52.7 Å². The summed E-state index contributed by atoms with van der Waals surface area (Å²) in [6, 6.07) is 0. The van der Waals surface area contributed by atoms with Crippen molar-refractivity contribution in [2.24, 2.45) is 50.2 Å². The van der Waals surface area contributed by atoms with Crippen molar-refractivity contribution in [2.75, 3.05) is 20.3 Å². The summed E-state index contributed by atoms with van der Waals surface area (Å²) in [5.74, 6) is -10.5. The summed E-state index contributed by atoms with van der Waals surface area (Å²) in [5.41, 5.74) is -2.05. The maximum atomic E-state index is 16.0. The van der Waals surface area contributed by atoms with Crippen LogP contribution < -0.4 is 0 Å². The molecule has 4 saturated carbocycles. The molecular formula is C69H98O29. The first-order valence-corrected chi connectivity index (χ1v) is 33.5. The molecule has 0 aromatic heterocycles. The van der Waals surface area contributed by atoms with Crippen LogP contribution in [0.2, 0.25) is 0 Å². The summed E-state index contributed by atoms with van der Waals surface area (Å²) in [6.45, 7) is 25.1. The molecule has 0 aromatic rings. The highest BCUT2D eigenvalue weighted by Crippen LogP contribution is 2.76. The first kappa shape index (κ1) is 76.9. The van der Waals surface area contributed by atoms with Gasteiger partial charge in [0.05, 0.1) is 25.2 Å². The van der Waals surface area contributed by atoms with E-state index in [0.29, 0.717) is 51.4 Å². The highest BCUT2D eigenvalue weighted by atomic mass is 16.8. The van der Waals surface area contributed by atoms with E-state index in [1.54, 1.807) is 0 Å². The van der Waals surface area contributed by atoms with Crippen LogP contribution in [0.25, 0.3) is 0 Å². The number of allylic oxidation sites excluding steroid dienone is 2. The van der Waals surface area contributed by atoms with Gasteiger partial charge < -0.3 is 80.5 Å². The van der Waals surface area contributed by atoms with Crippen molar-refractivity contribution >= 4 is 71.6 Å². The van der Waals surface area contributed by atoms with Gasteiger partial charge in [-0.3, -0.25) is 52.7 Å². The molecule has 0 unspecified atom stereocenters. The zero-order chi connectivity index (χ0) is 72.7. The Morgan fingerprint density at radius 1 is 0.449 bits per heavy atom. The molecule has 7 fully saturated rings. The van der Waals surface area contributed by atoms with E-state index >= 15 is 4.79 Å². The van der Waals surface area contributed by atoms with Gasteiger partial charge in [0.2, 0.25) is 12.4 Å². The topological polar surface area (TPSA) is 362 Å². The normalized spacial score (nSPS) is 38.9. The molecule has 0 N–H and O–H groups in total. The Labute approximate surface area is 570 Å². The van der Waals surface area contributed by atoms with E-state index in [4.69, 9.17) is 80.5 Å². The molecule has 0 aromatic carbocycles. The van der Waals surface area contributed by atoms with Gasteiger partial charge in [0.15, 0.2) is 67.5 Å². The van der Waals surface area contributed by atoms with Crippen molar-refractivity contribution in [3.05, 3.63) is 11.6 Å². The number of esters is 12. The molecule has 0 radical (unpaired) electrons. The molecule has 29 heteroatoms. The average Bonchev–Trinajstić information content (AvgIpc) is 0.674. The second-order valence-corrected chi connectivity index (χ2v) is 29.6. The minimum Gasteiger partial charge on any atom is -0.467 e. The van der Waals surface area contributed by atoms with Crippen molar-refractivity contribution in [3.8, 4) is 0 Å². The fraction of sp³-hybridized carbons (Fsp3) is 0.797. The third kappa shape index (κ3) is 15.7. The standard InChI is InChI=1S/C69H98O29/c1-32(70)83-30-44-49(85-33(2)71)51(87-35(4)73)56(91-39(8)77)60(94-44)84-31-45-50(86-34(3)72)52(88-36(5)74)57(92-40(9)78)61(95-45)98-63(81)69-27-25-64(11,12)29-43(69)42-19-20-47-66(15)23-22-48(65(13,14)46(66)21-24-68(47,17)67(42,16)26-28-69)96-62-58(93-41(10)79)54(90-38(7)76)53(89-37(6)75)55(97-62)59(80)82-18/h19,43-58,60-62H,20-31H2,1-18H3/t43-,44+,45+,46-,47+,48-,49+,50+,51-,52-,53-,54-,55-,56+,57+,58+,60+,61-,62+,66-,67+,68+,69-/m0/s1. The Balaban J connectivity index is 1.11.